The Morgan fingerprint density at radius 3 is 1.00 bits per heavy atom. The van der Waals surface area contributed by atoms with Crippen LogP contribution in [-0.2, 0) is 0 Å². The van der Waals surface area contributed by atoms with Gasteiger partial charge in [0.1, 0.15) is 0 Å². The maximum atomic E-state index is 0. The summed E-state index contributed by atoms with van der Waals surface area (Å²) in [7, 11) is 0. The molecule has 0 heterocycles. The standard InChI is InChI=1S/Ca.K.H3N.Na.4H/h;;1H3;;;;;. The van der Waals surface area contributed by atoms with Crippen molar-refractivity contribution < 1.29 is 0 Å². The maximum absolute atomic E-state index is 0. The number of rotatable bonds is 0. The zero-order valence-electron chi connectivity index (χ0n) is 0.707. The molecule has 0 aliphatic rings. The quantitative estimate of drug-likeness (QED) is 0.370. The average molecular weight is 123 g/mol. The minimum atomic E-state index is 0. The molecule has 0 aliphatic carbocycles. The molecule has 0 radical (unpaired) electrons. The Hall–Kier alpha value is 3.86. The van der Waals surface area contributed by atoms with Gasteiger partial charge in [-0.05, 0) is 0 Å². The Morgan fingerprint density at radius 2 is 1.00 bits per heavy atom. The van der Waals surface area contributed by atoms with Gasteiger partial charge in [-0.3, -0.25) is 0 Å². The van der Waals surface area contributed by atoms with E-state index < -0.39 is 0 Å². The summed E-state index contributed by atoms with van der Waals surface area (Å²) in [6.07, 6.45) is 0. The second-order valence-corrected chi connectivity index (χ2v) is 0. The van der Waals surface area contributed by atoms with Crippen molar-refractivity contribution in [2.75, 3.05) is 0 Å². The Balaban J connectivity index is 0. The van der Waals surface area contributed by atoms with Gasteiger partial charge in [0, 0.05) is 0 Å². The Bertz CT molecular complexity index is 8.00. The summed E-state index contributed by atoms with van der Waals surface area (Å²) < 4.78 is 0. The molecule has 0 saturated heterocycles. The molecule has 0 aromatic heterocycles. The van der Waals surface area contributed by atoms with Gasteiger partial charge in [-0.1, -0.05) is 0 Å². The van der Waals surface area contributed by atoms with Crippen molar-refractivity contribution in [1.29, 1.82) is 0 Å². The van der Waals surface area contributed by atoms with Gasteiger partial charge in [0.15, 0.2) is 0 Å². The van der Waals surface area contributed by atoms with Crippen LogP contribution in [0.15, 0.2) is 0 Å². The van der Waals surface area contributed by atoms with Crippen molar-refractivity contribution >= 4 is 119 Å². The summed E-state index contributed by atoms with van der Waals surface area (Å²) in [6, 6.07) is 0. The van der Waals surface area contributed by atoms with E-state index in [1.165, 1.54) is 0 Å². The average Bonchev–Trinajstić information content (AvgIpc) is 0. The van der Waals surface area contributed by atoms with Gasteiger partial charge in [0.05, 0.1) is 0 Å². The van der Waals surface area contributed by atoms with E-state index in [1.807, 2.05) is 0 Å². The van der Waals surface area contributed by atoms with Crippen LogP contribution in [0, 0.1) is 0 Å². The molecule has 0 saturated carbocycles. The van der Waals surface area contributed by atoms with E-state index in [9.17, 15) is 0 Å². The Kier molecular flexibility index (Phi) is 98.2. The van der Waals surface area contributed by atoms with Gasteiger partial charge < -0.3 is 6.15 Å². The van der Waals surface area contributed by atoms with E-state index in [-0.39, 0.29) is 125 Å². The predicted molar refractivity (Wildman–Crippen MR) is 27.9 cm³/mol. The topological polar surface area (TPSA) is 35.0 Å². The molecule has 0 amide bonds. The molecule has 0 unspecified atom stereocenters. The van der Waals surface area contributed by atoms with Gasteiger partial charge in [-0.25, -0.2) is 0 Å². The molecule has 0 rings (SSSR count). The predicted octanol–water partition coefficient (Wildman–Crippen LogP) is -2.05. The van der Waals surface area contributed by atoms with Crippen molar-refractivity contribution in [2.45, 2.75) is 0 Å². The molecule has 4 heteroatoms. The normalized spacial score (nSPS) is 0. The van der Waals surface area contributed by atoms with Crippen molar-refractivity contribution in [3.05, 3.63) is 0 Å². The van der Waals surface area contributed by atoms with Crippen LogP contribution < -0.4 is 6.15 Å². The molecule has 4 heavy (non-hydrogen) atoms. The third-order valence-corrected chi connectivity index (χ3v) is 0. The van der Waals surface area contributed by atoms with E-state index in [0.717, 1.165) is 0 Å². The fourth-order valence-electron chi connectivity index (χ4n) is 0. The van der Waals surface area contributed by atoms with E-state index >= 15 is 0 Å². The van der Waals surface area contributed by atoms with E-state index in [4.69, 9.17) is 0 Å². The van der Waals surface area contributed by atoms with E-state index in [2.05, 4.69) is 0 Å². The summed E-state index contributed by atoms with van der Waals surface area (Å²) >= 11 is 0. The fourth-order valence-corrected chi connectivity index (χ4v) is 0. The molecule has 0 aromatic carbocycles. The number of hydrogen-bond acceptors (Lipinski definition) is 1. The van der Waals surface area contributed by atoms with Gasteiger partial charge in [0.25, 0.3) is 0 Å². The van der Waals surface area contributed by atoms with E-state index in [1.54, 1.807) is 0 Å². The molecule has 0 fully saturated rings. The Labute approximate surface area is 121 Å². The van der Waals surface area contributed by atoms with Crippen LogP contribution in [0.5, 0.6) is 0 Å². The summed E-state index contributed by atoms with van der Waals surface area (Å²) in [6.45, 7) is 0. The van der Waals surface area contributed by atoms with Crippen molar-refractivity contribution in [1.82, 2.24) is 6.15 Å². The van der Waals surface area contributed by atoms with Crippen LogP contribution in [0.2, 0.25) is 0 Å². The summed E-state index contributed by atoms with van der Waals surface area (Å²) in [5.41, 5.74) is 0. The van der Waals surface area contributed by atoms with Crippen LogP contribution in [0.25, 0.3) is 0 Å². The first-order chi connectivity index (χ1) is 0. The van der Waals surface area contributed by atoms with Crippen LogP contribution in [0.1, 0.15) is 0 Å². The minimum absolute atomic E-state index is 0. The molecule has 0 bridgehead atoms. The van der Waals surface area contributed by atoms with Crippen LogP contribution in [0.4, 0.5) is 0 Å². The van der Waals surface area contributed by atoms with Crippen LogP contribution in [-0.4, -0.2) is 119 Å². The molecule has 0 spiro atoms. The second-order valence-electron chi connectivity index (χ2n) is 0. The van der Waals surface area contributed by atoms with Gasteiger partial charge >= 0.3 is 119 Å². The van der Waals surface area contributed by atoms with Crippen molar-refractivity contribution in [2.24, 2.45) is 0 Å². The van der Waals surface area contributed by atoms with Crippen LogP contribution >= 0.6 is 0 Å². The molecule has 16 valence electrons. The summed E-state index contributed by atoms with van der Waals surface area (Å²) in [4.78, 5) is 0. The number of hydrogen-bond donors (Lipinski definition) is 1. The second kappa shape index (κ2) is 15.8. The van der Waals surface area contributed by atoms with Crippen molar-refractivity contribution in [3.63, 3.8) is 0 Å². The fraction of sp³-hybridized carbons (Fsp3) is 0. The van der Waals surface area contributed by atoms with Gasteiger partial charge in [-0.2, -0.15) is 0 Å². The SMILES string of the molecule is N.[CaH2].[KH].[NaH]. The zero-order valence-corrected chi connectivity index (χ0v) is 0.707. The van der Waals surface area contributed by atoms with E-state index in [0.29, 0.717) is 0 Å². The third-order valence-electron chi connectivity index (χ3n) is 0. The first kappa shape index (κ1) is 24.8. The van der Waals surface area contributed by atoms with Crippen LogP contribution in [0.3, 0.4) is 0 Å². The van der Waals surface area contributed by atoms with Gasteiger partial charge in [-0.15, -0.1) is 0 Å². The molecule has 0 aliphatic heterocycles. The van der Waals surface area contributed by atoms with Crippen molar-refractivity contribution in [3.8, 4) is 0 Å². The first-order valence-electron chi connectivity index (χ1n) is 0. The van der Waals surface area contributed by atoms with Gasteiger partial charge in [0.2, 0.25) is 0 Å². The zero-order chi connectivity index (χ0) is 0. The summed E-state index contributed by atoms with van der Waals surface area (Å²) in [5, 5.41) is 0. The monoisotopic (exact) mass is 123 g/mol. The third kappa shape index (κ3) is 9.29. The summed E-state index contributed by atoms with van der Waals surface area (Å²) in [5.74, 6) is 0. The molecular weight excluding hydrogens is 116 g/mol. The molecular formula is H7CaKNNa. The molecule has 0 aromatic rings. The Morgan fingerprint density at radius 1 is 1.00 bits per heavy atom. The molecule has 1 nitrogen and oxygen atoms in total. The molecule has 0 atom stereocenters. The first-order valence-corrected chi connectivity index (χ1v) is 0. The molecule has 3 N–H and O–H groups in total.